The molecule has 0 atom stereocenters. The molecule has 0 bridgehead atoms. The van der Waals surface area contributed by atoms with Gasteiger partial charge < -0.3 is 14.5 Å². The zero-order valence-electron chi connectivity index (χ0n) is 14.9. The molecule has 0 aliphatic heterocycles. The average Bonchev–Trinajstić information content (AvgIpc) is 3.06. The maximum atomic E-state index is 12.1. The summed E-state index contributed by atoms with van der Waals surface area (Å²) in [7, 11) is 0. The van der Waals surface area contributed by atoms with Crippen LogP contribution >= 0.6 is 0 Å². The van der Waals surface area contributed by atoms with Crippen LogP contribution in [0.1, 0.15) is 49.3 Å². The van der Waals surface area contributed by atoms with E-state index in [2.05, 4.69) is 12.2 Å². The molecule has 0 fully saturated rings. The smallest absolute Gasteiger partial charge is 0.339 e. The molecule has 5 nitrogen and oxygen atoms in total. The van der Waals surface area contributed by atoms with Crippen molar-refractivity contribution < 1.29 is 13.9 Å². The number of fused-ring (bicyclic) bond motifs is 3. The SMILES string of the molecule is CCCCCNC(=O)COc1cc(C)cc2oc(=O)c3c(c12)CCC3. The van der Waals surface area contributed by atoms with Gasteiger partial charge in [-0.05, 0) is 55.9 Å². The van der Waals surface area contributed by atoms with Crippen molar-refractivity contribution in [2.45, 2.75) is 52.4 Å². The number of rotatable bonds is 7. The number of carbonyl (C=O) groups excluding carboxylic acids is 1. The van der Waals surface area contributed by atoms with Crippen molar-refractivity contribution in [2.24, 2.45) is 0 Å². The largest absolute Gasteiger partial charge is 0.483 e. The lowest BCUT2D eigenvalue weighted by atomic mass is 10.0. The number of amides is 1. The van der Waals surface area contributed by atoms with E-state index < -0.39 is 0 Å². The predicted molar refractivity (Wildman–Crippen MR) is 97.3 cm³/mol. The van der Waals surface area contributed by atoms with Crippen LogP contribution in [0.25, 0.3) is 11.0 Å². The minimum atomic E-state index is -0.245. The van der Waals surface area contributed by atoms with Gasteiger partial charge in [0.15, 0.2) is 6.61 Å². The molecule has 0 saturated carbocycles. The predicted octanol–water partition coefficient (Wildman–Crippen LogP) is 3.28. The quantitative estimate of drug-likeness (QED) is 0.619. The number of ether oxygens (including phenoxy) is 1. The number of hydrogen-bond donors (Lipinski definition) is 1. The van der Waals surface area contributed by atoms with Crippen molar-refractivity contribution >= 4 is 16.9 Å². The Morgan fingerprint density at radius 1 is 1.24 bits per heavy atom. The first-order valence-corrected chi connectivity index (χ1v) is 9.09. The first kappa shape index (κ1) is 17.5. The Hall–Kier alpha value is -2.30. The van der Waals surface area contributed by atoms with Crippen molar-refractivity contribution in [3.05, 3.63) is 39.2 Å². The van der Waals surface area contributed by atoms with Crippen LogP contribution in [0.15, 0.2) is 21.3 Å². The summed E-state index contributed by atoms with van der Waals surface area (Å²) in [5.74, 6) is 0.500. The highest BCUT2D eigenvalue weighted by Crippen LogP contribution is 2.35. The molecule has 0 saturated heterocycles. The van der Waals surface area contributed by atoms with E-state index in [0.29, 0.717) is 17.9 Å². The van der Waals surface area contributed by atoms with E-state index >= 15 is 0 Å². The summed E-state index contributed by atoms with van der Waals surface area (Å²) in [6, 6.07) is 3.76. The number of hydrogen-bond acceptors (Lipinski definition) is 4. The van der Waals surface area contributed by atoms with Gasteiger partial charge in [0, 0.05) is 12.1 Å². The molecule has 1 amide bonds. The van der Waals surface area contributed by atoms with E-state index in [0.717, 1.165) is 60.6 Å². The zero-order chi connectivity index (χ0) is 17.8. The number of carbonyl (C=O) groups is 1. The van der Waals surface area contributed by atoms with Crippen molar-refractivity contribution in [3.63, 3.8) is 0 Å². The van der Waals surface area contributed by atoms with Crippen molar-refractivity contribution in [1.29, 1.82) is 0 Å². The Labute approximate surface area is 147 Å². The zero-order valence-corrected chi connectivity index (χ0v) is 14.9. The van der Waals surface area contributed by atoms with Gasteiger partial charge in [-0.2, -0.15) is 0 Å². The minimum absolute atomic E-state index is 0.0292. The van der Waals surface area contributed by atoms with E-state index in [-0.39, 0.29) is 18.1 Å². The van der Waals surface area contributed by atoms with Gasteiger partial charge in [-0.25, -0.2) is 4.79 Å². The highest BCUT2D eigenvalue weighted by Gasteiger charge is 2.22. The van der Waals surface area contributed by atoms with Gasteiger partial charge in [0.05, 0.1) is 5.39 Å². The van der Waals surface area contributed by atoms with Crippen LogP contribution in [-0.4, -0.2) is 19.1 Å². The summed E-state index contributed by atoms with van der Waals surface area (Å²) in [6.07, 6.45) is 5.75. The van der Waals surface area contributed by atoms with Crippen LogP contribution in [-0.2, 0) is 17.6 Å². The highest BCUT2D eigenvalue weighted by molar-refractivity contribution is 5.89. The molecule has 1 aliphatic carbocycles. The normalized spacial score (nSPS) is 13.0. The van der Waals surface area contributed by atoms with Gasteiger partial charge in [-0.3, -0.25) is 4.79 Å². The van der Waals surface area contributed by atoms with E-state index in [1.54, 1.807) is 0 Å². The first-order valence-electron chi connectivity index (χ1n) is 9.09. The maximum absolute atomic E-state index is 12.1. The van der Waals surface area contributed by atoms with Crippen LogP contribution < -0.4 is 15.7 Å². The Morgan fingerprint density at radius 3 is 2.84 bits per heavy atom. The standard InChI is InChI=1S/C20H25NO4/c1-3-4-5-9-21-18(22)12-24-16-10-13(2)11-17-19(16)14-7-6-8-15(14)20(23)25-17/h10-11H,3-9,12H2,1-2H3,(H,21,22). The molecule has 1 aromatic carbocycles. The topological polar surface area (TPSA) is 68.5 Å². The van der Waals surface area contributed by atoms with Gasteiger partial charge in [-0.1, -0.05) is 19.8 Å². The Balaban J connectivity index is 1.81. The molecule has 0 spiro atoms. The number of benzene rings is 1. The lowest BCUT2D eigenvalue weighted by Crippen LogP contribution is -2.29. The van der Waals surface area contributed by atoms with Crippen molar-refractivity contribution in [2.75, 3.05) is 13.2 Å². The average molecular weight is 343 g/mol. The molecule has 1 aromatic heterocycles. The number of unbranched alkanes of at least 4 members (excludes halogenated alkanes) is 2. The summed E-state index contributed by atoms with van der Waals surface area (Å²) in [5.41, 5.74) is 3.01. The third-order valence-electron chi connectivity index (χ3n) is 4.64. The fourth-order valence-electron chi connectivity index (χ4n) is 3.42. The minimum Gasteiger partial charge on any atom is -0.483 e. The molecular weight excluding hydrogens is 318 g/mol. The summed E-state index contributed by atoms with van der Waals surface area (Å²) >= 11 is 0. The first-order chi connectivity index (χ1) is 12.1. The summed E-state index contributed by atoms with van der Waals surface area (Å²) in [5, 5.41) is 3.72. The van der Waals surface area contributed by atoms with E-state index in [4.69, 9.17) is 9.15 Å². The monoisotopic (exact) mass is 343 g/mol. The van der Waals surface area contributed by atoms with Crippen LogP contribution in [0, 0.1) is 6.92 Å². The molecule has 0 radical (unpaired) electrons. The molecule has 25 heavy (non-hydrogen) atoms. The van der Waals surface area contributed by atoms with Crippen molar-refractivity contribution in [3.8, 4) is 5.75 Å². The fraction of sp³-hybridized carbons (Fsp3) is 0.500. The van der Waals surface area contributed by atoms with Crippen molar-refractivity contribution in [1.82, 2.24) is 5.32 Å². The fourth-order valence-corrected chi connectivity index (χ4v) is 3.42. The van der Waals surface area contributed by atoms with Crippen LogP contribution in [0.4, 0.5) is 0 Å². The van der Waals surface area contributed by atoms with Gasteiger partial charge in [0.2, 0.25) is 0 Å². The van der Waals surface area contributed by atoms with Crippen LogP contribution in [0.5, 0.6) is 5.75 Å². The van der Waals surface area contributed by atoms with Gasteiger partial charge in [-0.15, -0.1) is 0 Å². The Kier molecular flexibility index (Phi) is 5.41. The second kappa shape index (κ2) is 7.72. The van der Waals surface area contributed by atoms with E-state index in [1.807, 2.05) is 19.1 Å². The molecule has 5 heteroatoms. The molecule has 1 heterocycles. The van der Waals surface area contributed by atoms with Crippen LogP contribution in [0.3, 0.4) is 0 Å². The Bertz CT molecular complexity index is 838. The molecule has 3 rings (SSSR count). The highest BCUT2D eigenvalue weighted by atomic mass is 16.5. The number of aryl methyl sites for hydroxylation is 2. The van der Waals surface area contributed by atoms with E-state index in [9.17, 15) is 9.59 Å². The third-order valence-corrected chi connectivity index (χ3v) is 4.64. The molecule has 1 N–H and O–H groups in total. The van der Waals surface area contributed by atoms with E-state index in [1.165, 1.54) is 0 Å². The summed E-state index contributed by atoms with van der Waals surface area (Å²) in [6.45, 7) is 4.70. The van der Waals surface area contributed by atoms with Gasteiger partial charge in [0.25, 0.3) is 5.91 Å². The Morgan fingerprint density at radius 2 is 2.04 bits per heavy atom. The maximum Gasteiger partial charge on any atom is 0.339 e. The molecule has 2 aromatic rings. The molecule has 134 valence electrons. The molecule has 1 aliphatic rings. The summed E-state index contributed by atoms with van der Waals surface area (Å²) in [4.78, 5) is 24.1. The second-order valence-corrected chi connectivity index (χ2v) is 6.68. The van der Waals surface area contributed by atoms with Gasteiger partial charge >= 0.3 is 5.63 Å². The van der Waals surface area contributed by atoms with Gasteiger partial charge in [0.1, 0.15) is 11.3 Å². The second-order valence-electron chi connectivity index (χ2n) is 6.68. The summed E-state index contributed by atoms with van der Waals surface area (Å²) < 4.78 is 11.3. The lowest BCUT2D eigenvalue weighted by Gasteiger charge is -2.13. The third kappa shape index (κ3) is 3.86. The van der Waals surface area contributed by atoms with Crippen LogP contribution in [0.2, 0.25) is 0 Å². The molecular formula is C20H25NO4. The lowest BCUT2D eigenvalue weighted by molar-refractivity contribution is -0.123. The number of nitrogens with one attached hydrogen (secondary N) is 1. The molecule has 0 unspecified atom stereocenters.